The zero-order valence-corrected chi connectivity index (χ0v) is 14.7. The van der Waals surface area contributed by atoms with Crippen LogP contribution in [0.2, 0.25) is 0 Å². The molecule has 128 valence electrons. The Bertz CT molecular complexity index is 551. The predicted octanol–water partition coefficient (Wildman–Crippen LogP) is 3.65. The Hall–Kier alpha value is -1.91. The first-order valence-corrected chi connectivity index (χ1v) is 8.27. The van der Waals surface area contributed by atoms with Gasteiger partial charge in [-0.3, -0.25) is 4.99 Å². The largest absolute Gasteiger partial charge is 0.497 e. The van der Waals surface area contributed by atoms with Gasteiger partial charge in [-0.1, -0.05) is 20.3 Å². The molecule has 2 rings (SSSR count). The van der Waals surface area contributed by atoms with E-state index in [1.807, 2.05) is 18.2 Å². The fraction of sp³-hybridized carbons (Fsp3) is 0.611. The number of guanidine groups is 1. The number of rotatable bonds is 7. The van der Waals surface area contributed by atoms with Crippen LogP contribution in [0.15, 0.2) is 23.2 Å². The SMILES string of the molecule is COc1ccc(OC)c(NC(N)=NCC2(CC(C)C)CCC2)c1. The van der Waals surface area contributed by atoms with E-state index in [9.17, 15) is 0 Å². The van der Waals surface area contributed by atoms with Crippen molar-refractivity contribution in [1.29, 1.82) is 0 Å². The fourth-order valence-electron chi connectivity index (χ4n) is 3.31. The van der Waals surface area contributed by atoms with E-state index in [2.05, 4.69) is 24.2 Å². The van der Waals surface area contributed by atoms with Gasteiger partial charge in [-0.25, -0.2) is 0 Å². The standard InChI is InChI=1S/C18H29N3O2/c1-13(2)11-18(8-5-9-18)12-20-17(19)21-15-10-14(22-3)6-7-16(15)23-4/h6-7,10,13H,5,8-9,11-12H2,1-4H3,(H3,19,20,21). The van der Waals surface area contributed by atoms with E-state index in [1.165, 1.54) is 25.7 Å². The van der Waals surface area contributed by atoms with Gasteiger partial charge < -0.3 is 20.5 Å². The maximum Gasteiger partial charge on any atom is 0.193 e. The summed E-state index contributed by atoms with van der Waals surface area (Å²) in [5.74, 6) is 2.57. The second kappa shape index (κ2) is 7.57. The Balaban J connectivity index is 2.04. The number of nitrogens with two attached hydrogens (primary N) is 1. The third kappa shape index (κ3) is 4.53. The highest BCUT2D eigenvalue weighted by Crippen LogP contribution is 2.46. The average Bonchev–Trinajstić information content (AvgIpc) is 2.49. The maximum absolute atomic E-state index is 6.08. The van der Waals surface area contributed by atoms with E-state index in [1.54, 1.807) is 14.2 Å². The molecule has 0 radical (unpaired) electrons. The molecule has 0 aliphatic heterocycles. The Labute approximate surface area is 139 Å². The second-order valence-electron chi connectivity index (χ2n) is 6.84. The zero-order chi connectivity index (χ0) is 16.9. The monoisotopic (exact) mass is 319 g/mol. The van der Waals surface area contributed by atoms with Gasteiger partial charge in [0.1, 0.15) is 11.5 Å². The molecular weight excluding hydrogens is 290 g/mol. The predicted molar refractivity (Wildman–Crippen MR) is 95.4 cm³/mol. The van der Waals surface area contributed by atoms with Crippen molar-refractivity contribution >= 4 is 11.6 Å². The molecule has 1 aliphatic carbocycles. The van der Waals surface area contributed by atoms with Gasteiger partial charge in [-0.05, 0) is 42.7 Å². The van der Waals surface area contributed by atoms with Gasteiger partial charge in [0.15, 0.2) is 5.96 Å². The van der Waals surface area contributed by atoms with Crippen molar-refractivity contribution in [2.75, 3.05) is 26.1 Å². The number of aliphatic imine (C=N–C) groups is 1. The van der Waals surface area contributed by atoms with Crippen LogP contribution in [-0.2, 0) is 0 Å². The van der Waals surface area contributed by atoms with E-state index in [-0.39, 0.29) is 0 Å². The van der Waals surface area contributed by atoms with Crippen LogP contribution < -0.4 is 20.5 Å². The summed E-state index contributed by atoms with van der Waals surface area (Å²) in [6.07, 6.45) is 5.03. The topological polar surface area (TPSA) is 68.9 Å². The molecular formula is C18H29N3O2. The number of anilines is 1. The first-order chi connectivity index (χ1) is 11.0. The van der Waals surface area contributed by atoms with Gasteiger partial charge >= 0.3 is 0 Å². The Morgan fingerprint density at radius 2 is 2.04 bits per heavy atom. The highest BCUT2D eigenvalue weighted by atomic mass is 16.5. The first-order valence-electron chi connectivity index (χ1n) is 8.27. The molecule has 1 aromatic carbocycles. The van der Waals surface area contributed by atoms with E-state index in [0.717, 1.165) is 18.0 Å². The van der Waals surface area contributed by atoms with E-state index in [0.29, 0.717) is 23.0 Å². The molecule has 3 N–H and O–H groups in total. The van der Waals surface area contributed by atoms with E-state index < -0.39 is 0 Å². The fourth-order valence-corrected chi connectivity index (χ4v) is 3.31. The molecule has 0 saturated heterocycles. The van der Waals surface area contributed by atoms with Crippen LogP contribution in [0, 0.1) is 11.3 Å². The first kappa shape index (κ1) is 17.4. The van der Waals surface area contributed by atoms with Crippen LogP contribution in [0.4, 0.5) is 5.69 Å². The minimum Gasteiger partial charge on any atom is -0.497 e. The van der Waals surface area contributed by atoms with Crippen molar-refractivity contribution in [3.05, 3.63) is 18.2 Å². The van der Waals surface area contributed by atoms with Crippen molar-refractivity contribution in [3.8, 4) is 11.5 Å². The molecule has 0 bridgehead atoms. The molecule has 1 fully saturated rings. The van der Waals surface area contributed by atoms with Gasteiger partial charge in [-0.2, -0.15) is 0 Å². The van der Waals surface area contributed by atoms with Crippen LogP contribution in [-0.4, -0.2) is 26.7 Å². The van der Waals surface area contributed by atoms with Gasteiger partial charge in [0.05, 0.1) is 19.9 Å². The normalized spacial score (nSPS) is 16.8. The summed E-state index contributed by atoms with van der Waals surface area (Å²) in [5, 5.41) is 3.13. The van der Waals surface area contributed by atoms with Gasteiger partial charge in [0.2, 0.25) is 0 Å². The van der Waals surface area contributed by atoms with Crippen molar-refractivity contribution < 1.29 is 9.47 Å². The van der Waals surface area contributed by atoms with Crippen LogP contribution >= 0.6 is 0 Å². The number of benzene rings is 1. The lowest BCUT2D eigenvalue weighted by atomic mass is 9.64. The number of nitrogens with one attached hydrogen (secondary N) is 1. The summed E-state index contributed by atoms with van der Waals surface area (Å²) in [4.78, 5) is 4.58. The van der Waals surface area contributed by atoms with Crippen molar-refractivity contribution in [2.24, 2.45) is 22.1 Å². The lowest BCUT2D eigenvalue weighted by Crippen LogP contribution is -2.35. The maximum atomic E-state index is 6.08. The van der Waals surface area contributed by atoms with E-state index >= 15 is 0 Å². The molecule has 5 heteroatoms. The number of hydrogen-bond donors (Lipinski definition) is 2. The molecule has 1 aliphatic rings. The molecule has 0 spiro atoms. The molecule has 0 aromatic heterocycles. The molecule has 5 nitrogen and oxygen atoms in total. The summed E-state index contributed by atoms with van der Waals surface area (Å²) in [7, 11) is 3.27. The Morgan fingerprint density at radius 1 is 1.30 bits per heavy atom. The second-order valence-corrected chi connectivity index (χ2v) is 6.84. The lowest BCUT2D eigenvalue weighted by Gasteiger charge is -2.42. The smallest absolute Gasteiger partial charge is 0.193 e. The molecule has 0 amide bonds. The van der Waals surface area contributed by atoms with Gasteiger partial charge in [-0.15, -0.1) is 0 Å². The molecule has 0 unspecified atom stereocenters. The minimum absolute atomic E-state index is 0.346. The summed E-state index contributed by atoms with van der Waals surface area (Å²) < 4.78 is 10.6. The third-order valence-electron chi connectivity index (χ3n) is 4.51. The lowest BCUT2D eigenvalue weighted by molar-refractivity contribution is 0.112. The summed E-state index contributed by atoms with van der Waals surface area (Å²) >= 11 is 0. The highest BCUT2D eigenvalue weighted by molar-refractivity contribution is 5.94. The van der Waals surface area contributed by atoms with Crippen molar-refractivity contribution in [3.63, 3.8) is 0 Å². The third-order valence-corrected chi connectivity index (χ3v) is 4.51. The zero-order valence-electron chi connectivity index (χ0n) is 14.7. The van der Waals surface area contributed by atoms with Gasteiger partial charge in [0.25, 0.3) is 0 Å². The highest BCUT2D eigenvalue weighted by Gasteiger charge is 2.37. The van der Waals surface area contributed by atoms with Crippen LogP contribution in [0.3, 0.4) is 0 Å². The number of nitrogens with zero attached hydrogens (tertiary/aromatic N) is 1. The summed E-state index contributed by atoms with van der Waals surface area (Å²) in [5.41, 5.74) is 7.19. The van der Waals surface area contributed by atoms with E-state index in [4.69, 9.17) is 15.2 Å². The van der Waals surface area contributed by atoms with Gasteiger partial charge in [0, 0.05) is 12.6 Å². The molecule has 1 saturated carbocycles. The Kier molecular flexibility index (Phi) is 5.74. The summed E-state index contributed by atoms with van der Waals surface area (Å²) in [6.45, 7) is 5.33. The summed E-state index contributed by atoms with van der Waals surface area (Å²) in [6, 6.07) is 5.55. The number of hydrogen-bond acceptors (Lipinski definition) is 3. The van der Waals surface area contributed by atoms with Crippen LogP contribution in [0.25, 0.3) is 0 Å². The van der Waals surface area contributed by atoms with Crippen LogP contribution in [0.1, 0.15) is 39.5 Å². The molecule has 0 heterocycles. The Morgan fingerprint density at radius 3 is 2.57 bits per heavy atom. The quantitative estimate of drug-likeness (QED) is 0.594. The number of ether oxygens (including phenoxy) is 2. The van der Waals surface area contributed by atoms with Crippen molar-refractivity contribution in [1.82, 2.24) is 0 Å². The molecule has 1 aromatic rings. The average molecular weight is 319 g/mol. The number of methoxy groups -OCH3 is 2. The van der Waals surface area contributed by atoms with Crippen molar-refractivity contribution in [2.45, 2.75) is 39.5 Å². The van der Waals surface area contributed by atoms with Crippen LogP contribution in [0.5, 0.6) is 11.5 Å². The minimum atomic E-state index is 0.346. The molecule has 0 atom stereocenters. The molecule has 23 heavy (non-hydrogen) atoms.